The number of benzene rings is 2. The second kappa shape index (κ2) is 11.2. The number of rotatable bonds is 10. The molecule has 2 rings (SSSR count). The fourth-order valence-corrected chi connectivity index (χ4v) is 2.95. The highest BCUT2D eigenvalue weighted by molar-refractivity contribution is 5.88. The first-order valence-electron chi connectivity index (χ1n) is 9.42. The van der Waals surface area contributed by atoms with Crippen molar-refractivity contribution in [2.75, 3.05) is 20.3 Å². The molecule has 0 aromatic heterocycles. The molecule has 0 aliphatic rings. The topological polar surface area (TPSA) is 58.6 Å². The van der Waals surface area contributed by atoms with Crippen LogP contribution in [-0.2, 0) is 20.9 Å². The molecule has 5 nitrogen and oxygen atoms in total. The number of carbonyl (C=O) groups is 2. The molecular weight excluding hydrogens is 359 g/mol. The van der Waals surface area contributed by atoms with Gasteiger partial charge in [-0.2, -0.15) is 0 Å². The molecule has 0 aliphatic heterocycles. The van der Waals surface area contributed by atoms with Gasteiger partial charge in [0.25, 0.3) is 0 Å². The van der Waals surface area contributed by atoms with Gasteiger partial charge in [0.1, 0.15) is 11.9 Å². The summed E-state index contributed by atoms with van der Waals surface area (Å²) in [6, 6.07) is 14.4. The minimum absolute atomic E-state index is 0.148. The third-order valence-corrected chi connectivity index (χ3v) is 4.39. The molecule has 150 valence electrons. The Kier molecular flexibility index (Phi) is 8.62. The third-order valence-electron chi connectivity index (χ3n) is 4.39. The van der Waals surface area contributed by atoms with Gasteiger partial charge in [-0.1, -0.05) is 49.4 Å². The van der Waals surface area contributed by atoms with Gasteiger partial charge in [-0.3, -0.25) is 9.59 Å². The van der Waals surface area contributed by atoms with E-state index < -0.39 is 6.04 Å². The van der Waals surface area contributed by atoms with Crippen LogP contribution in [0.4, 0.5) is 4.39 Å². The molecule has 2 amide bonds. The molecule has 1 unspecified atom stereocenters. The number of carbonyl (C=O) groups excluding carboxylic acids is 2. The molecule has 0 bridgehead atoms. The highest BCUT2D eigenvalue weighted by Gasteiger charge is 2.30. The van der Waals surface area contributed by atoms with Crippen molar-refractivity contribution in [1.82, 2.24) is 10.2 Å². The largest absolute Gasteiger partial charge is 0.385 e. The quantitative estimate of drug-likeness (QED) is 0.636. The molecule has 2 aromatic rings. The van der Waals surface area contributed by atoms with E-state index in [0.29, 0.717) is 19.6 Å². The Bertz CT molecular complexity index is 750. The fraction of sp³-hybridized carbons (Fsp3) is 0.364. The molecule has 2 aromatic carbocycles. The summed E-state index contributed by atoms with van der Waals surface area (Å²) in [5.74, 6) is -0.732. The lowest BCUT2D eigenvalue weighted by Gasteiger charge is -2.31. The van der Waals surface area contributed by atoms with Crippen LogP contribution in [0.15, 0.2) is 54.6 Å². The third kappa shape index (κ3) is 6.16. The van der Waals surface area contributed by atoms with Crippen molar-refractivity contribution in [3.63, 3.8) is 0 Å². The SMILES string of the molecule is CCC(=O)N(Cc1ccc(F)cc1)C(C(=O)NCCCOC)c1ccccc1. The minimum atomic E-state index is -0.763. The summed E-state index contributed by atoms with van der Waals surface area (Å²) in [6.07, 6.45) is 0.949. The van der Waals surface area contributed by atoms with Crippen LogP contribution in [0.2, 0.25) is 0 Å². The van der Waals surface area contributed by atoms with E-state index >= 15 is 0 Å². The number of halogens is 1. The van der Waals surface area contributed by atoms with Gasteiger partial charge in [-0.25, -0.2) is 4.39 Å². The Morgan fingerprint density at radius 2 is 1.79 bits per heavy atom. The standard InChI is InChI=1S/C22H27FN2O3/c1-3-20(26)25(16-17-10-12-19(23)13-11-17)21(18-8-5-4-6-9-18)22(27)24-14-7-15-28-2/h4-6,8-13,21H,3,7,14-16H2,1-2H3,(H,24,27). The molecule has 28 heavy (non-hydrogen) atoms. The summed E-state index contributed by atoms with van der Waals surface area (Å²) in [7, 11) is 1.61. The molecule has 0 radical (unpaired) electrons. The summed E-state index contributed by atoms with van der Waals surface area (Å²) in [5.41, 5.74) is 1.49. The summed E-state index contributed by atoms with van der Waals surface area (Å²) in [4.78, 5) is 27.3. The van der Waals surface area contributed by atoms with E-state index in [1.54, 1.807) is 31.1 Å². The van der Waals surface area contributed by atoms with Crippen LogP contribution in [0.3, 0.4) is 0 Å². The highest BCUT2D eigenvalue weighted by atomic mass is 19.1. The van der Waals surface area contributed by atoms with Gasteiger partial charge in [-0.15, -0.1) is 0 Å². The van der Waals surface area contributed by atoms with Crippen LogP contribution in [0.5, 0.6) is 0 Å². The van der Waals surface area contributed by atoms with Gasteiger partial charge in [0.05, 0.1) is 0 Å². The predicted octanol–water partition coefficient (Wildman–Crippen LogP) is 3.46. The average molecular weight is 386 g/mol. The lowest BCUT2D eigenvalue weighted by Crippen LogP contribution is -2.43. The predicted molar refractivity (Wildman–Crippen MR) is 106 cm³/mol. The number of amides is 2. The van der Waals surface area contributed by atoms with Gasteiger partial charge in [0.2, 0.25) is 11.8 Å². The number of ether oxygens (including phenoxy) is 1. The Morgan fingerprint density at radius 1 is 1.11 bits per heavy atom. The van der Waals surface area contributed by atoms with E-state index in [9.17, 15) is 14.0 Å². The molecule has 1 N–H and O–H groups in total. The Balaban J connectivity index is 2.30. The second-order valence-electron chi connectivity index (χ2n) is 6.45. The summed E-state index contributed by atoms with van der Waals surface area (Å²) < 4.78 is 18.3. The van der Waals surface area contributed by atoms with Crippen molar-refractivity contribution in [2.45, 2.75) is 32.4 Å². The van der Waals surface area contributed by atoms with Crippen LogP contribution in [-0.4, -0.2) is 37.0 Å². The summed E-state index contributed by atoms with van der Waals surface area (Å²) in [6.45, 7) is 2.99. The summed E-state index contributed by atoms with van der Waals surface area (Å²) in [5, 5.41) is 2.90. The zero-order valence-electron chi connectivity index (χ0n) is 16.4. The van der Waals surface area contributed by atoms with E-state index in [1.165, 1.54) is 12.1 Å². The second-order valence-corrected chi connectivity index (χ2v) is 6.45. The van der Waals surface area contributed by atoms with Crippen molar-refractivity contribution >= 4 is 11.8 Å². The fourth-order valence-electron chi connectivity index (χ4n) is 2.95. The van der Waals surface area contributed by atoms with Crippen LogP contribution in [0.25, 0.3) is 0 Å². The van der Waals surface area contributed by atoms with Gasteiger partial charge in [0, 0.05) is 33.2 Å². The van der Waals surface area contributed by atoms with E-state index in [0.717, 1.165) is 11.1 Å². The molecule has 0 spiro atoms. The van der Waals surface area contributed by atoms with E-state index in [-0.39, 0.29) is 30.6 Å². The van der Waals surface area contributed by atoms with Gasteiger partial charge < -0.3 is 15.0 Å². The van der Waals surface area contributed by atoms with Crippen LogP contribution >= 0.6 is 0 Å². The minimum Gasteiger partial charge on any atom is -0.385 e. The molecule has 0 heterocycles. The maximum absolute atomic E-state index is 13.2. The number of hydrogen-bond donors (Lipinski definition) is 1. The first-order chi connectivity index (χ1) is 13.6. The van der Waals surface area contributed by atoms with Gasteiger partial charge in [-0.05, 0) is 29.7 Å². The summed E-state index contributed by atoms with van der Waals surface area (Å²) >= 11 is 0. The normalized spacial score (nSPS) is 11.7. The number of hydrogen-bond acceptors (Lipinski definition) is 3. The molecule has 0 aliphatic carbocycles. The van der Waals surface area contributed by atoms with E-state index in [1.807, 2.05) is 30.3 Å². The van der Waals surface area contributed by atoms with E-state index in [2.05, 4.69) is 5.32 Å². The Labute approximate surface area is 165 Å². The smallest absolute Gasteiger partial charge is 0.247 e. The molecule has 0 saturated heterocycles. The average Bonchev–Trinajstić information content (AvgIpc) is 2.72. The van der Waals surface area contributed by atoms with Crippen molar-refractivity contribution in [3.8, 4) is 0 Å². The molecule has 6 heteroatoms. The van der Waals surface area contributed by atoms with Crippen molar-refractivity contribution in [2.24, 2.45) is 0 Å². The lowest BCUT2D eigenvalue weighted by molar-refractivity contribution is -0.141. The monoisotopic (exact) mass is 386 g/mol. The first kappa shape index (κ1) is 21.6. The van der Waals surface area contributed by atoms with Crippen molar-refractivity contribution in [1.29, 1.82) is 0 Å². The zero-order valence-corrected chi connectivity index (χ0v) is 16.4. The Morgan fingerprint density at radius 3 is 2.39 bits per heavy atom. The maximum Gasteiger partial charge on any atom is 0.247 e. The first-order valence-corrected chi connectivity index (χ1v) is 9.42. The lowest BCUT2D eigenvalue weighted by atomic mass is 10.0. The zero-order chi connectivity index (χ0) is 20.4. The van der Waals surface area contributed by atoms with Gasteiger partial charge >= 0.3 is 0 Å². The van der Waals surface area contributed by atoms with Crippen LogP contribution in [0, 0.1) is 5.82 Å². The molecule has 0 saturated carbocycles. The van der Waals surface area contributed by atoms with Crippen LogP contribution in [0.1, 0.15) is 36.9 Å². The molecule has 0 fully saturated rings. The van der Waals surface area contributed by atoms with Crippen molar-refractivity contribution < 1.29 is 18.7 Å². The maximum atomic E-state index is 13.2. The number of nitrogens with one attached hydrogen (secondary N) is 1. The van der Waals surface area contributed by atoms with Crippen molar-refractivity contribution in [3.05, 3.63) is 71.5 Å². The van der Waals surface area contributed by atoms with E-state index in [4.69, 9.17) is 4.74 Å². The highest BCUT2D eigenvalue weighted by Crippen LogP contribution is 2.24. The molecular formula is C22H27FN2O3. The number of methoxy groups -OCH3 is 1. The number of nitrogens with zero attached hydrogens (tertiary/aromatic N) is 1. The van der Waals surface area contributed by atoms with Gasteiger partial charge in [0.15, 0.2) is 0 Å². The van der Waals surface area contributed by atoms with Crippen LogP contribution < -0.4 is 5.32 Å². The Hall–Kier alpha value is -2.73. The molecule has 1 atom stereocenters.